The molecule has 2 fully saturated rings. The highest BCUT2D eigenvalue weighted by Crippen LogP contribution is 2.39. The Kier molecular flexibility index (Phi) is 5.90. The minimum Gasteiger partial charge on any atom is -0.495 e. The summed E-state index contributed by atoms with van der Waals surface area (Å²) in [5.74, 6) is -0.264. The second-order valence-electron chi connectivity index (χ2n) is 7.17. The Hall–Kier alpha value is -3.40. The number of nitro benzene ring substituents is 1. The van der Waals surface area contributed by atoms with Crippen molar-refractivity contribution in [2.75, 3.05) is 12.4 Å². The molecular weight excluding hydrogens is 420 g/mol. The number of rotatable bonds is 7. The Morgan fingerprint density at radius 3 is 2.68 bits per heavy atom. The fourth-order valence-electron chi connectivity index (χ4n) is 3.25. The summed E-state index contributed by atoms with van der Waals surface area (Å²) in [5.41, 5.74) is 0.767. The lowest BCUT2D eigenvalue weighted by molar-refractivity contribution is -0.384. The molecule has 2 aromatic rings. The van der Waals surface area contributed by atoms with Gasteiger partial charge < -0.3 is 10.1 Å². The van der Waals surface area contributed by atoms with Crippen LogP contribution in [0.3, 0.4) is 0 Å². The van der Waals surface area contributed by atoms with E-state index in [9.17, 15) is 19.7 Å². The lowest BCUT2D eigenvalue weighted by Crippen LogP contribution is -2.35. The Balaban J connectivity index is 1.50. The van der Waals surface area contributed by atoms with Crippen molar-refractivity contribution >= 4 is 45.8 Å². The van der Waals surface area contributed by atoms with Crippen LogP contribution in [0.15, 0.2) is 53.5 Å². The lowest BCUT2D eigenvalue weighted by Gasteiger charge is -2.15. The van der Waals surface area contributed by atoms with Crippen LogP contribution in [0.25, 0.3) is 0 Å². The Morgan fingerprint density at radius 1 is 1.29 bits per heavy atom. The number of anilines is 1. The number of methoxy groups -OCH3 is 1. The van der Waals surface area contributed by atoms with Gasteiger partial charge in [-0.25, -0.2) is 4.99 Å². The van der Waals surface area contributed by atoms with Crippen LogP contribution < -0.4 is 10.1 Å². The van der Waals surface area contributed by atoms with Crippen LogP contribution in [-0.2, 0) is 9.59 Å². The predicted octanol–water partition coefficient (Wildman–Crippen LogP) is 3.73. The number of para-hydroxylation sites is 1. The number of nitrogens with one attached hydrogen (secondary N) is 1. The standard InChI is InChI=1S/C21H20N4O5S/c1-30-17-10-9-15(25(28)29)11-16(17)23-19(26)12-18-20(27)24(14-7-8-14)21(31-18)22-13-5-3-2-4-6-13/h2-6,9-11,14,18H,7-8,12H2,1H3,(H,23,26)/t18-/m0/s1. The SMILES string of the molecule is COc1ccc([N+](=O)[O-])cc1NC(=O)C[C@@H]1SC(=Nc2ccccc2)N(C2CC2)C1=O. The van der Waals surface area contributed by atoms with Crippen LogP contribution in [0.1, 0.15) is 19.3 Å². The largest absolute Gasteiger partial charge is 0.495 e. The zero-order valence-electron chi connectivity index (χ0n) is 16.7. The maximum Gasteiger partial charge on any atom is 0.271 e. The first-order valence-electron chi connectivity index (χ1n) is 9.72. The van der Waals surface area contributed by atoms with Gasteiger partial charge in [0.25, 0.3) is 5.69 Å². The van der Waals surface area contributed by atoms with Crippen molar-refractivity contribution in [2.45, 2.75) is 30.6 Å². The van der Waals surface area contributed by atoms with Gasteiger partial charge in [-0.05, 0) is 31.0 Å². The number of nitrogens with zero attached hydrogens (tertiary/aromatic N) is 3. The van der Waals surface area contributed by atoms with E-state index in [1.54, 1.807) is 4.90 Å². The summed E-state index contributed by atoms with van der Waals surface area (Å²) in [6, 6.07) is 13.4. The van der Waals surface area contributed by atoms with E-state index in [0.717, 1.165) is 18.5 Å². The van der Waals surface area contributed by atoms with E-state index in [2.05, 4.69) is 10.3 Å². The number of hydrogen-bond acceptors (Lipinski definition) is 7. The van der Waals surface area contributed by atoms with Gasteiger partial charge in [0.2, 0.25) is 11.8 Å². The van der Waals surface area contributed by atoms with Crippen molar-refractivity contribution in [1.29, 1.82) is 0 Å². The molecule has 160 valence electrons. The number of hydrogen-bond donors (Lipinski definition) is 1. The van der Waals surface area contributed by atoms with Crippen molar-refractivity contribution in [1.82, 2.24) is 4.90 Å². The first-order chi connectivity index (χ1) is 15.0. The lowest BCUT2D eigenvalue weighted by atomic mass is 10.2. The highest BCUT2D eigenvalue weighted by molar-refractivity contribution is 8.15. The molecule has 1 aliphatic heterocycles. The summed E-state index contributed by atoms with van der Waals surface area (Å²) >= 11 is 1.27. The van der Waals surface area contributed by atoms with E-state index < -0.39 is 16.1 Å². The van der Waals surface area contributed by atoms with E-state index in [4.69, 9.17) is 4.74 Å². The Labute approximate surface area is 182 Å². The number of thioether (sulfide) groups is 1. The van der Waals surface area contributed by atoms with Crippen LogP contribution >= 0.6 is 11.8 Å². The third-order valence-corrected chi connectivity index (χ3v) is 6.05. The Morgan fingerprint density at radius 2 is 2.03 bits per heavy atom. The van der Waals surface area contributed by atoms with Gasteiger partial charge in [0.05, 0.1) is 23.4 Å². The molecule has 2 aliphatic rings. The maximum absolute atomic E-state index is 13.0. The van der Waals surface area contributed by atoms with Gasteiger partial charge in [0.15, 0.2) is 5.17 Å². The van der Waals surface area contributed by atoms with Gasteiger partial charge >= 0.3 is 0 Å². The van der Waals surface area contributed by atoms with Crippen LogP contribution in [0, 0.1) is 10.1 Å². The van der Waals surface area contributed by atoms with Crippen LogP contribution in [-0.4, -0.2) is 45.2 Å². The molecule has 1 N–H and O–H groups in total. The molecule has 0 aromatic heterocycles. The number of amidine groups is 1. The number of non-ortho nitro benzene ring substituents is 1. The zero-order valence-corrected chi connectivity index (χ0v) is 17.5. The molecule has 0 bridgehead atoms. The average Bonchev–Trinajstić information content (AvgIpc) is 3.54. The molecule has 4 rings (SSSR count). The molecule has 31 heavy (non-hydrogen) atoms. The van der Waals surface area contributed by atoms with E-state index >= 15 is 0 Å². The van der Waals surface area contributed by atoms with Crippen molar-refractivity contribution in [3.8, 4) is 5.75 Å². The fourth-order valence-corrected chi connectivity index (χ4v) is 4.47. The molecule has 1 atom stereocenters. The first-order valence-corrected chi connectivity index (χ1v) is 10.6. The van der Waals surface area contributed by atoms with Crippen molar-refractivity contribution in [3.05, 3.63) is 58.6 Å². The summed E-state index contributed by atoms with van der Waals surface area (Å²) in [6.07, 6.45) is 1.76. The minimum atomic E-state index is -0.604. The smallest absolute Gasteiger partial charge is 0.271 e. The molecule has 10 heteroatoms. The number of carbonyl (C=O) groups is 2. The predicted molar refractivity (Wildman–Crippen MR) is 118 cm³/mol. The molecular formula is C21H20N4O5S. The van der Waals surface area contributed by atoms with E-state index in [1.807, 2.05) is 30.3 Å². The average molecular weight is 440 g/mol. The number of nitro groups is 1. The van der Waals surface area contributed by atoms with Gasteiger partial charge in [-0.3, -0.25) is 24.6 Å². The summed E-state index contributed by atoms with van der Waals surface area (Å²) in [4.78, 5) is 42.4. The molecule has 1 saturated heterocycles. The highest BCUT2D eigenvalue weighted by atomic mass is 32.2. The molecule has 1 saturated carbocycles. The summed E-state index contributed by atoms with van der Waals surface area (Å²) < 4.78 is 5.18. The second kappa shape index (κ2) is 8.76. The molecule has 0 radical (unpaired) electrons. The topological polar surface area (TPSA) is 114 Å². The number of amides is 2. The highest BCUT2D eigenvalue weighted by Gasteiger charge is 2.46. The third kappa shape index (κ3) is 4.69. The van der Waals surface area contributed by atoms with E-state index in [-0.39, 0.29) is 29.7 Å². The third-order valence-electron chi connectivity index (χ3n) is 4.90. The Bertz CT molecular complexity index is 1050. The molecule has 2 amide bonds. The second-order valence-corrected chi connectivity index (χ2v) is 8.34. The number of carbonyl (C=O) groups excluding carboxylic acids is 2. The first kappa shape index (κ1) is 20.9. The van der Waals surface area contributed by atoms with Crippen LogP contribution in [0.2, 0.25) is 0 Å². The molecule has 9 nitrogen and oxygen atoms in total. The van der Waals surface area contributed by atoms with Gasteiger partial charge in [0, 0.05) is 24.6 Å². The quantitative estimate of drug-likeness (QED) is 0.518. The van der Waals surface area contributed by atoms with Gasteiger partial charge in [-0.2, -0.15) is 0 Å². The van der Waals surface area contributed by atoms with Crippen molar-refractivity contribution in [2.24, 2.45) is 4.99 Å². The normalized spacial score (nSPS) is 19.5. The van der Waals surface area contributed by atoms with Gasteiger partial charge in [0.1, 0.15) is 11.0 Å². The van der Waals surface area contributed by atoms with Crippen LogP contribution in [0.4, 0.5) is 17.1 Å². The number of benzene rings is 2. The van der Waals surface area contributed by atoms with E-state index in [1.165, 1.54) is 37.1 Å². The van der Waals surface area contributed by atoms with Crippen molar-refractivity contribution < 1.29 is 19.2 Å². The maximum atomic E-state index is 13.0. The number of ether oxygens (including phenoxy) is 1. The van der Waals surface area contributed by atoms with Gasteiger partial charge in [-0.15, -0.1) is 0 Å². The van der Waals surface area contributed by atoms with E-state index in [0.29, 0.717) is 10.9 Å². The molecule has 2 aromatic carbocycles. The monoisotopic (exact) mass is 440 g/mol. The summed E-state index contributed by atoms with van der Waals surface area (Å²) in [7, 11) is 1.41. The molecule has 1 heterocycles. The summed E-state index contributed by atoms with van der Waals surface area (Å²) in [5, 5.41) is 13.7. The fraction of sp³-hybridized carbons (Fsp3) is 0.286. The van der Waals surface area contributed by atoms with Crippen LogP contribution in [0.5, 0.6) is 5.75 Å². The summed E-state index contributed by atoms with van der Waals surface area (Å²) in [6.45, 7) is 0. The molecule has 0 unspecified atom stereocenters. The van der Waals surface area contributed by atoms with Gasteiger partial charge in [-0.1, -0.05) is 30.0 Å². The minimum absolute atomic E-state index is 0.0770. The van der Waals surface area contributed by atoms with Crippen molar-refractivity contribution in [3.63, 3.8) is 0 Å². The zero-order chi connectivity index (χ0) is 22.0. The number of aliphatic imine (C=N–C) groups is 1. The molecule has 0 spiro atoms. The molecule has 1 aliphatic carbocycles.